The molecule has 0 atom stereocenters. The number of ether oxygens (including phenoxy) is 1. The summed E-state index contributed by atoms with van der Waals surface area (Å²) in [4.78, 5) is 27.3. The van der Waals surface area contributed by atoms with Gasteiger partial charge in [0.1, 0.15) is 11.3 Å². The number of thiocarbonyl (C=S) groups is 1. The Bertz CT molecular complexity index is 1210. The number of rotatable bonds is 4. The molecule has 7 heteroatoms. The van der Waals surface area contributed by atoms with Crippen LogP contribution in [0.4, 0.5) is 5.69 Å². The lowest BCUT2D eigenvalue weighted by atomic mass is 10.0. The second-order valence-electron chi connectivity index (χ2n) is 6.96. The summed E-state index contributed by atoms with van der Waals surface area (Å²) < 4.78 is 7.50. The van der Waals surface area contributed by atoms with Crippen molar-refractivity contribution in [2.45, 2.75) is 13.8 Å². The van der Waals surface area contributed by atoms with E-state index in [4.69, 9.17) is 17.0 Å². The normalized spacial score (nSPS) is 15.8. The van der Waals surface area contributed by atoms with Gasteiger partial charge in [0.05, 0.1) is 12.3 Å². The number of nitrogens with zero attached hydrogens (tertiary/aromatic N) is 2. The Morgan fingerprint density at radius 2 is 1.80 bits per heavy atom. The van der Waals surface area contributed by atoms with Crippen molar-refractivity contribution in [3.63, 3.8) is 0 Å². The largest absolute Gasteiger partial charge is 0.494 e. The van der Waals surface area contributed by atoms with E-state index in [9.17, 15) is 9.59 Å². The minimum Gasteiger partial charge on any atom is -0.494 e. The fourth-order valence-corrected chi connectivity index (χ4v) is 3.91. The molecule has 152 valence electrons. The van der Waals surface area contributed by atoms with Gasteiger partial charge in [0, 0.05) is 29.2 Å². The number of benzene rings is 2. The van der Waals surface area contributed by atoms with Crippen LogP contribution < -0.4 is 15.0 Å². The van der Waals surface area contributed by atoms with Crippen LogP contribution in [0.5, 0.6) is 5.75 Å². The molecule has 2 heterocycles. The van der Waals surface area contributed by atoms with Crippen molar-refractivity contribution < 1.29 is 14.3 Å². The lowest BCUT2D eigenvalue weighted by Gasteiger charge is -2.29. The van der Waals surface area contributed by atoms with Crippen LogP contribution in [0, 0.1) is 6.92 Å². The molecule has 1 aliphatic rings. The number of carbonyl (C=O) groups is 2. The first-order valence-corrected chi connectivity index (χ1v) is 10.0. The number of fused-ring (bicyclic) bond motifs is 1. The molecule has 6 nitrogen and oxygen atoms in total. The van der Waals surface area contributed by atoms with Gasteiger partial charge >= 0.3 is 0 Å². The predicted molar refractivity (Wildman–Crippen MR) is 121 cm³/mol. The number of carbonyl (C=O) groups excluding carboxylic acids is 2. The average Bonchev–Trinajstić information content (AvgIpc) is 2.97. The molecule has 1 aliphatic heterocycles. The van der Waals surface area contributed by atoms with Crippen molar-refractivity contribution in [2.24, 2.45) is 7.05 Å². The van der Waals surface area contributed by atoms with Crippen molar-refractivity contribution in [1.82, 2.24) is 9.88 Å². The summed E-state index contributed by atoms with van der Waals surface area (Å²) in [6, 6.07) is 14.9. The van der Waals surface area contributed by atoms with Crippen LogP contribution in [0.2, 0.25) is 0 Å². The van der Waals surface area contributed by atoms with E-state index in [1.165, 1.54) is 4.90 Å². The SMILES string of the molecule is CCOc1ccc(N2C(=O)C(=Cc3c(C)n(C)c4ccccc34)C(=O)NC2=S)cc1. The molecule has 0 radical (unpaired) electrons. The second kappa shape index (κ2) is 7.76. The molecule has 3 aromatic rings. The predicted octanol–water partition coefficient (Wildman–Crippen LogP) is 3.72. The van der Waals surface area contributed by atoms with E-state index < -0.39 is 11.8 Å². The van der Waals surface area contributed by atoms with Crippen molar-refractivity contribution in [2.75, 3.05) is 11.5 Å². The summed E-state index contributed by atoms with van der Waals surface area (Å²) in [7, 11) is 1.96. The van der Waals surface area contributed by atoms with Gasteiger partial charge in [0.15, 0.2) is 5.11 Å². The fraction of sp³-hybridized carbons (Fsp3) is 0.174. The third-order valence-electron chi connectivity index (χ3n) is 5.24. The fourth-order valence-electron chi connectivity index (χ4n) is 3.63. The molecular formula is C23H21N3O3S. The molecule has 0 bridgehead atoms. The van der Waals surface area contributed by atoms with Gasteiger partial charge < -0.3 is 9.30 Å². The van der Waals surface area contributed by atoms with Gasteiger partial charge in [-0.05, 0) is 62.5 Å². The van der Waals surface area contributed by atoms with Crippen LogP contribution in [0.15, 0.2) is 54.1 Å². The summed E-state index contributed by atoms with van der Waals surface area (Å²) >= 11 is 5.28. The van der Waals surface area contributed by atoms with Gasteiger partial charge in [-0.15, -0.1) is 0 Å². The maximum Gasteiger partial charge on any atom is 0.270 e. The first-order valence-electron chi connectivity index (χ1n) is 9.60. The molecular weight excluding hydrogens is 398 g/mol. The molecule has 1 aromatic heterocycles. The number of nitrogens with one attached hydrogen (secondary N) is 1. The number of aromatic nitrogens is 1. The van der Waals surface area contributed by atoms with Crippen LogP contribution in [-0.4, -0.2) is 28.1 Å². The Hall–Kier alpha value is -3.45. The van der Waals surface area contributed by atoms with E-state index in [1.54, 1.807) is 30.3 Å². The summed E-state index contributed by atoms with van der Waals surface area (Å²) in [5.74, 6) is -0.262. The molecule has 30 heavy (non-hydrogen) atoms. The first-order chi connectivity index (χ1) is 14.4. The Balaban J connectivity index is 1.77. The molecule has 0 aliphatic carbocycles. The third kappa shape index (κ3) is 3.27. The Kier molecular flexibility index (Phi) is 5.13. The monoisotopic (exact) mass is 419 g/mol. The van der Waals surface area contributed by atoms with Crippen molar-refractivity contribution in [3.8, 4) is 5.75 Å². The maximum absolute atomic E-state index is 13.3. The number of hydrogen-bond acceptors (Lipinski definition) is 4. The highest BCUT2D eigenvalue weighted by Gasteiger charge is 2.34. The van der Waals surface area contributed by atoms with Crippen molar-refractivity contribution >= 4 is 51.8 Å². The highest BCUT2D eigenvalue weighted by atomic mass is 32.1. The molecule has 0 saturated carbocycles. The average molecular weight is 420 g/mol. The third-order valence-corrected chi connectivity index (χ3v) is 5.53. The lowest BCUT2D eigenvalue weighted by Crippen LogP contribution is -2.54. The standard InChI is InChI=1S/C23H21N3O3S/c1-4-29-16-11-9-15(10-12-16)26-22(28)19(21(27)24-23(26)30)13-18-14(2)25(3)20-8-6-5-7-17(18)20/h5-13H,4H2,1-3H3,(H,24,27,30). The van der Waals surface area contributed by atoms with E-state index in [0.717, 1.165) is 22.2 Å². The Morgan fingerprint density at radius 3 is 2.50 bits per heavy atom. The molecule has 1 fully saturated rings. The topological polar surface area (TPSA) is 63.6 Å². The highest BCUT2D eigenvalue weighted by Crippen LogP contribution is 2.29. The van der Waals surface area contributed by atoms with Crippen molar-refractivity contribution in [3.05, 3.63) is 65.4 Å². The minimum atomic E-state index is -0.500. The van der Waals surface area contributed by atoms with E-state index >= 15 is 0 Å². The van der Waals surface area contributed by atoms with Gasteiger partial charge in [-0.25, -0.2) is 0 Å². The molecule has 1 N–H and O–H groups in total. The Morgan fingerprint density at radius 1 is 1.10 bits per heavy atom. The van der Waals surface area contributed by atoms with Gasteiger partial charge in [-0.3, -0.25) is 19.8 Å². The number of anilines is 1. The molecule has 2 aromatic carbocycles. The highest BCUT2D eigenvalue weighted by molar-refractivity contribution is 7.80. The number of aryl methyl sites for hydroxylation is 1. The van der Waals surface area contributed by atoms with Crippen LogP contribution in [0.1, 0.15) is 18.2 Å². The molecule has 1 saturated heterocycles. The molecule has 0 spiro atoms. The minimum absolute atomic E-state index is 0.0388. The van der Waals surface area contributed by atoms with Crippen LogP contribution in [0.3, 0.4) is 0 Å². The number of amides is 2. The van der Waals surface area contributed by atoms with E-state index in [1.807, 2.05) is 49.7 Å². The van der Waals surface area contributed by atoms with E-state index in [2.05, 4.69) is 5.32 Å². The molecule has 0 unspecified atom stereocenters. The van der Waals surface area contributed by atoms with Gasteiger partial charge in [-0.1, -0.05) is 18.2 Å². The maximum atomic E-state index is 13.3. The summed E-state index contributed by atoms with van der Waals surface area (Å²) in [5.41, 5.74) is 3.44. The molecule has 2 amide bonds. The van der Waals surface area contributed by atoms with Crippen LogP contribution in [0.25, 0.3) is 17.0 Å². The zero-order chi connectivity index (χ0) is 21.4. The first kappa shape index (κ1) is 19.8. The van der Waals surface area contributed by atoms with Crippen LogP contribution in [-0.2, 0) is 16.6 Å². The van der Waals surface area contributed by atoms with Crippen molar-refractivity contribution in [1.29, 1.82) is 0 Å². The second-order valence-corrected chi connectivity index (χ2v) is 7.35. The van der Waals surface area contributed by atoms with Gasteiger partial charge in [-0.2, -0.15) is 0 Å². The molecule has 4 rings (SSSR count). The lowest BCUT2D eigenvalue weighted by molar-refractivity contribution is -0.122. The summed E-state index contributed by atoms with van der Waals surface area (Å²) in [6.45, 7) is 4.42. The number of hydrogen-bond donors (Lipinski definition) is 1. The Labute approximate surface area is 179 Å². The van der Waals surface area contributed by atoms with Crippen LogP contribution >= 0.6 is 12.2 Å². The van der Waals surface area contributed by atoms with E-state index in [-0.39, 0.29) is 10.7 Å². The quantitative estimate of drug-likeness (QED) is 0.398. The van der Waals surface area contributed by atoms with E-state index in [0.29, 0.717) is 18.0 Å². The zero-order valence-corrected chi connectivity index (χ0v) is 17.7. The zero-order valence-electron chi connectivity index (χ0n) is 16.9. The summed E-state index contributed by atoms with van der Waals surface area (Å²) in [6.07, 6.45) is 1.65. The van der Waals surface area contributed by atoms with Gasteiger partial charge in [0.25, 0.3) is 11.8 Å². The smallest absolute Gasteiger partial charge is 0.270 e. The van der Waals surface area contributed by atoms with Gasteiger partial charge in [0.2, 0.25) is 0 Å². The summed E-state index contributed by atoms with van der Waals surface area (Å²) in [5, 5.41) is 3.67. The number of para-hydroxylation sites is 1.